The Bertz CT molecular complexity index is 702. The number of hydrogen-bond donors (Lipinski definition) is 2. The van der Waals surface area contributed by atoms with E-state index in [0.29, 0.717) is 18.0 Å². The van der Waals surface area contributed by atoms with Crippen molar-refractivity contribution in [2.45, 2.75) is 25.8 Å². The summed E-state index contributed by atoms with van der Waals surface area (Å²) in [4.78, 5) is 11.0. The van der Waals surface area contributed by atoms with Crippen LogP contribution in [0.1, 0.15) is 19.8 Å². The monoisotopic (exact) mass is 515 g/mol. The van der Waals surface area contributed by atoms with Gasteiger partial charge in [0.15, 0.2) is 5.96 Å². The number of nitrogens with zero attached hydrogens (tertiary/aromatic N) is 3. The van der Waals surface area contributed by atoms with Gasteiger partial charge in [0.25, 0.3) is 0 Å². The fraction of sp³-hybridized carbons (Fsp3) is 0.625. The van der Waals surface area contributed by atoms with E-state index in [0.717, 1.165) is 37.8 Å². The van der Waals surface area contributed by atoms with E-state index in [1.165, 1.54) is 6.26 Å². The topological polar surface area (TPSA) is 86.7 Å². The third-order valence-electron chi connectivity index (χ3n) is 3.86. The summed E-state index contributed by atoms with van der Waals surface area (Å²) in [6.07, 6.45) is 4.47. The van der Waals surface area contributed by atoms with Crippen molar-refractivity contribution in [3.8, 4) is 0 Å². The SMILES string of the molecule is CCNC(=NCCCS(C)(=O)=O)NC1CCN(c2ncccc2Cl)C1.I. The number of rotatable bonds is 7. The lowest BCUT2D eigenvalue weighted by Gasteiger charge is -2.20. The van der Waals surface area contributed by atoms with E-state index in [-0.39, 0.29) is 35.8 Å². The molecule has 1 aliphatic rings. The predicted molar refractivity (Wildman–Crippen MR) is 119 cm³/mol. The van der Waals surface area contributed by atoms with Crippen LogP contribution in [0, 0.1) is 0 Å². The molecule has 0 aliphatic carbocycles. The Kier molecular flexibility index (Phi) is 9.94. The van der Waals surface area contributed by atoms with Crippen LogP contribution < -0.4 is 15.5 Å². The average molecular weight is 516 g/mol. The molecule has 148 valence electrons. The number of aromatic nitrogens is 1. The summed E-state index contributed by atoms with van der Waals surface area (Å²) in [5, 5.41) is 7.27. The number of halogens is 2. The molecule has 0 aromatic carbocycles. The highest BCUT2D eigenvalue weighted by Crippen LogP contribution is 2.25. The lowest BCUT2D eigenvalue weighted by atomic mass is 10.3. The molecule has 0 radical (unpaired) electrons. The number of guanidine groups is 1. The van der Waals surface area contributed by atoms with Gasteiger partial charge in [0.1, 0.15) is 15.7 Å². The first-order valence-electron chi connectivity index (χ1n) is 8.47. The molecule has 1 aliphatic heterocycles. The number of nitrogens with one attached hydrogen (secondary N) is 2. The van der Waals surface area contributed by atoms with Crippen LogP contribution in [-0.4, -0.2) is 63.6 Å². The third kappa shape index (κ3) is 7.83. The first-order valence-corrected chi connectivity index (χ1v) is 10.9. The summed E-state index contributed by atoms with van der Waals surface area (Å²) in [6, 6.07) is 3.91. The quantitative estimate of drug-likeness (QED) is 0.250. The molecule has 7 nitrogen and oxygen atoms in total. The summed E-state index contributed by atoms with van der Waals surface area (Å²) >= 11 is 6.22. The molecule has 2 heterocycles. The van der Waals surface area contributed by atoms with E-state index in [9.17, 15) is 8.42 Å². The maximum Gasteiger partial charge on any atom is 0.191 e. The van der Waals surface area contributed by atoms with E-state index in [1.54, 1.807) is 6.20 Å². The Hall–Kier alpha value is -0.810. The van der Waals surface area contributed by atoms with Gasteiger partial charge in [-0.3, -0.25) is 4.99 Å². The van der Waals surface area contributed by atoms with E-state index in [2.05, 4.69) is 25.5 Å². The predicted octanol–water partition coefficient (Wildman–Crippen LogP) is 1.92. The normalized spacial score (nSPS) is 17.7. The van der Waals surface area contributed by atoms with Crippen LogP contribution in [0.3, 0.4) is 0 Å². The summed E-state index contributed by atoms with van der Waals surface area (Å²) in [5.41, 5.74) is 0. The molecular formula is C16H27ClIN5O2S. The minimum Gasteiger partial charge on any atom is -0.357 e. The van der Waals surface area contributed by atoms with Gasteiger partial charge in [0.2, 0.25) is 0 Å². The van der Waals surface area contributed by atoms with Gasteiger partial charge in [-0.25, -0.2) is 13.4 Å². The van der Waals surface area contributed by atoms with Crippen molar-refractivity contribution in [2.24, 2.45) is 4.99 Å². The van der Waals surface area contributed by atoms with Gasteiger partial charge in [-0.05, 0) is 31.9 Å². The first kappa shape index (κ1) is 23.2. The van der Waals surface area contributed by atoms with Crippen molar-refractivity contribution in [1.29, 1.82) is 0 Å². The second kappa shape index (κ2) is 11.1. The van der Waals surface area contributed by atoms with E-state index in [1.807, 2.05) is 19.1 Å². The fourth-order valence-corrected chi connectivity index (χ4v) is 3.61. The molecule has 0 amide bonds. The van der Waals surface area contributed by atoms with Crippen molar-refractivity contribution in [2.75, 3.05) is 43.1 Å². The zero-order chi connectivity index (χ0) is 18.3. The number of pyridine rings is 1. The minimum absolute atomic E-state index is 0. The Morgan fingerprint density at radius 2 is 2.27 bits per heavy atom. The molecule has 26 heavy (non-hydrogen) atoms. The van der Waals surface area contributed by atoms with Gasteiger partial charge < -0.3 is 15.5 Å². The zero-order valence-electron chi connectivity index (χ0n) is 15.1. The van der Waals surface area contributed by atoms with Gasteiger partial charge >= 0.3 is 0 Å². The molecule has 2 rings (SSSR count). The molecule has 1 aromatic heterocycles. The van der Waals surface area contributed by atoms with Crippen LogP contribution in [0.25, 0.3) is 0 Å². The van der Waals surface area contributed by atoms with E-state index < -0.39 is 9.84 Å². The van der Waals surface area contributed by atoms with E-state index in [4.69, 9.17) is 11.6 Å². The number of hydrogen-bond acceptors (Lipinski definition) is 5. The highest BCUT2D eigenvalue weighted by molar-refractivity contribution is 14.0. The van der Waals surface area contributed by atoms with Gasteiger partial charge in [-0.1, -0.05) is 11.6 Å². The minimum atomic E-state index is -2.93. The third-order valence-corrected chi connectivity index (χ3v) is 5.18. The van der Waals surface area contributed by atoms with E-state index >= 15 is 0 Å². The van der Waals surface area contributed by atoms with Crippen molar-refractivity contribution in [3.05, 3.63) is 23.4 Å². The molecule has 0 bridgehead atoms. The second-order valence-corrected chi connectivity index (χ2v) is 8.80. The Morgan fingerprint density at radius 1 is 1.50 bits per heavy atom. The summed E-state index contributed by atoms with van der Waals surface area (Å²) in [6.45, 7) is 4.90. The second-order valence-electron chi connectivity index (χ2n) is 6.13. The molecular weight excluding hydrogens is 489 g/mol. The summed E-state index contributed by atoms with van der Waals surface area (Å²) < 4.78 is 22.4. The fourth-order valence-electron chi connectivity index (χ4n) is 2.71. The Labute approximate surface area is 177 Å². The van der Waals surface area contributed by atoms with Crippen LogP contribution in [0.4, 0.5) is 5.82 Å². The molecule has 1 unspecified atom stereocenters. The lowest BCUT2D eigenvalue weighted by molar-refractivity contribution is 0.599. The molecule has 0 saturated carbocycles. The van der Waals surface area contributed by atoms with Gasteiger partial charge in [-0.15, -0.1) is 24.0 Å². The Balaban J connectivity index is 0.00000338. The molecule has 2 N–H and O–H groups in total. The molecule has 10 heteroatoms. The van der Waals surface area contributed by atoms with Gasteiger partial charge in [0, 0.05) is 44.7 Å². The highest BCUT2D eigenvalue weighted by Gasteiger charge is 2.25. The van der Waals surface area contributed by atoms with Crippen molar-refractivity contribution in [1.82, 2.24) is 15.6 Å². The van der Waals surface area contributed by atoms with Gasteiger partial charge in [0.05, 0.1) is 10.8 Å². The summed E-state index contributed by atoms with van der Waals surface area (Å²) in [5.74, 6) is 1.68. The maximum atomic E-state index is 11.2. The van der Waals surface area contributed by atoms with Crippen LogP contribution in [-0.2, 0) is 9.84 Å². The molecule has 1 atom stereocenters. The number of anilines is 1. The molecule has 0 spiro atoms. The smallest absolute Gasteiger partial charge is 0.191 e. The highest BCUT2D eigenvalue weighted by atomic mass is 127. The number of aliphatic imine (C=N–C) groups is 1. The van der Waals surface area contributed by atoms with Crippen LogP contribution in [0.2, 0.25) is 5.02 Å². The zero-order valence-corrected chi connectivity index (χ0v) is 19.0. The molecule has 1 fully saturated rings. The molecule has 1 aromatic rings. The van der Waals surface area contributed by atoms with Crippen LogP contribution in [0.15, 0.2) is 23.3 Å². The van der Waals surface area contributed by atoms with Gasteiger partial charge in [-0.2, -0.15) is 0 Å². The maximum absolute atomic E-state index is 11.2. The van der Waals surface area contributed by atoms with Crippen molar-refractivity contribution >= 4 is 57.2 Å². The number of sulfone groups is 1. The summed E-state index contributed by atoms with van der Waals surface area (Å²) in [7, 11) is -2.93. The molecule has 1 saturated heterocycles. The Morgan fingerprint density at radius 3 is 2.92 bits per heavy atom. The average Bonchev–Trinajstić information content (AvgIpc) is 2.99. The van der Waals surface area contributed by atoms with Crippen molar-refractivity contribution < 1.29 is 8.42 Å². The largest absolute Gasteiger partial charge is 0.357 e. The first-order chi connectivity index (χ1) is 11.9. The standard InChI is InChI=1S/C16H26ClN5O2S.HI/c1-3-18-16(20-9-5-11-25(2,23)24)21-13-7-10-22(12-13)15-14(17)6-4-8-19-15;/h4,6,8,13H,3,5,7,9-12H2,1-2H3,(H2,18,20,21);1H. The van der Waals surface area contributed by atoms with Crippen molar-refractivity contribution in [3.63, 3.8) is 0 Å². The lowest BCUT2D eigenvalue weighted by Crippen LogP contribution is -2.44. The van der Waals surface area contributed by atoms with Crippen LogP contribution in [0.5, 0.6) is 0 Å². The van der Waals surface area contributed by atoms with Crippen LogP contribution >= 0.6 is 35.6 Å².